The molecular formula is C9H18N2O. The lowest BCUT2D eigenvalue weighted by Gasteiger charge is -2.19. The normalized spacial score (nSPS) is 13.2. The number of hydrogen-bond acceptors (Lipinski definition) is 2. The smallest absolute Gasteiger partial charge is 0.244 e. The molecule has 0 heterocycles. The van der Waals surface area contributed by atoms with Crippen LogP contribution in [0.2, 0.25) is 0 Å². The number of nitrogens with one attached hydrogen (secondary N) is 1. The SMILES string of the molecule is CC(=CCNC(C)(C)C)C(N)=O. The summed E-state index contributed by atoms with van der Waals surface area (Å²) in [4.78, 5) is 10.6. The fourth-order valence-electron chi connectivity index (χ4n) is 0.611. The van der Waals surface area contributed by atoms with Gasteiger partial charge in [0.05, 0.1) is 0 Å². The van der Waals surface area contributed by atoms with E-state index < -0.39 is 0 Å². The van der Waals surface area contributed by atoms with Crippen LogP contribution in [0, 0.1) is 0 Å². The highest BCUT2D eigenvalue weighted by molar-refractivity contribution is 5.91. The molecule has 0 fully saturated rings. The van der Waals surface area contributed by atoms with Crippen molar-refractivity contribution in [1.29, 1.82) is 0 Å². The molecule has 0 spiro atoms. The van der Waals surface area contributed by atoms with Crippen LogP contribution in [0.5, 0.6) is 0 Å². The molecule has 0 aliphatic heterocycles. The molecule has 3 heteroatoms. The first kappa shape index (κ1) is 11.2. The van der Waals surface area contributed by atoms with Crippen LogP contribution in [-0.4, -0.2) is 18.0 Å². The van der Waals surface area contributed by atoms with Gasteiger partial charge in [-0.3, -0.25) is 4.79 Å². The van der Waals surface area contributed by atoms with Gasteiger partial charge in [0.25, 0.3) is 0 Å². The fourth-order valence-corrected chi connectivity index (χ4v) is 0.611. The average molecular weight is 170 g/mol. The van der Waals surface area contributed by atoms with Crippen LogP contribution in [-0.2, 0) is 4.79 Å². The molecule has 0 aromatic heterocycles. The Morgan fingerprint density at radius 2 is 2.00 bits per heavy atom. The lowest BCUT2D eigenvalue weighted by atomic mass is 10.1. The molecule has 0 atom stereocenters. The Hall–Kier alpha value is -0.830. The first-order chi connectivity index (χ1) is 5.33. The maximum atomic E-state index is 10.6. The Morgan fingerprint density at radius 1 is 1.50 bits per heavy atom. The Labute approximate surface area is 74.0 Å². The van der Waals surface area contributed by atoms with E-state index in [1.165, 1.54) is 0 Å². The maximum Gasteiger partial charge on any atom is 0.244 e. The van der Waals surface area contributed by atoms with Gasteiger partial charge in [0.15, 0.2) is 0 Å². The van der Waals surface area contributed by atoms with Crippen molar-refractivity contribution in [3.8, 4) is 0 Å². The van der Waals surface area contributed by atoms with E-state index in [2.05, 4.69) is 26.1 Å². The van der Waals surface area contributed by atoms with E-state index in [9.17, 15) is 4.79 Å². The number of rotatable bonds is 3. The van der Waals surface area contributed by atoms with Crippen LogP contribution >= 0.6 is 0 Å². The Kier molecular flexibility index (Phi) is 3.96. The van der Waals surface area contributed by atoms with E-state index in [-0.39, 0.29) is 11.4 Å². The molecule has 0 aliphatic carbocycles. The van der Waals surface area contributed by atoms with Crippen molar-refractivity contribution in [3.63, 3.8) is 0 Å². The zero-order chi connectivity index (χ0) is 9.78. The Morgan fingerprint density at radius 3 is 2.33 bits per heavy atom. The molecule has 1 amide bonds. The summed E-state index contributed by atoms with van der Waals surface area (Å²) in [7, 11) is 0. The lowest BCUT2D eigenvalue weighted by Crippen LogP contribution is -2.36. The predicted molar refractivity (Wildman–Crippen MR) is 50.7 cm³/mol. The van der Waals surface area contributed by atoms with E-state index in [4.69, 9.17) is 5.73 Å². The first-order valence-corrected chi connectivity index (χ1v) is 4.04. The van der Waals surface area contributed by atoms with E-state index in [1.54, 1.807) is 13.0 Å². The Balaban J connectivity index is 3.83. The quantitative estimate of drug-likeness (QED) is 0.616. The van der Waals surface area contributed by atoms with Crippen molar-refractivity contribution in [3.05, 3.63) is 11.6 Å². The molecule has 3 nitrogen and oxygen atoms in total. The van der Waals surface area contributed by atoms with E-state index in [0.717, 1.165) is 0 Å². The van der Waals surface area contributed by atoms with Gasteiger partial charge in [-0.2, -0.15) is 0 Å². The molecule has 0 saturated carbocycles. The second-order valence-electron chi connectivity index (χ2n) is 3.88. The number of amides is 1. The number of carbonyl (C=O) groups is 1. The van der Waals surface area contributed by atoms with Crippen LogP contribution in [0.4, 0.5) is 0 Å². The summed E-state index contributed by atoms with van der Waals surface area (Å²) in [6.07, 6.45) is 1.80. The molecule has 0 aromatic rings. The highest BCUT2D eigenvalue weighted by atomic mass is 16.1. The molecule has 12 heavy (non-hydrogen) atoms. The van der Waals surface area contributed by atoms with Gasteiger partial charge >= 0.3 is 0 Å². The highest BCUT2D eigenvalue weighted by Gasteiger charge is 2.06. The van der Waals surface area contributed by atoms with Gasteiger partial charge in [0.2, 0.25) is 5.91 Å². The number of nitrogens with two attached hydrogens (primary N) is 1. The van der Waals surface area contributed by atoms with Gasteiger partial charge in [-0.1, -0.05) is 6.08 Å². The van der Waals surface area contributed by atoms with Crippen LogP contribution in [0.25, 0.3) is 0 Å². The largest absolute Gasteiger partial charge is 0.366 e. The zero-order valence-corrected chi connectivity index (χ0v) is 8.27. The topological polar surface area (TPSA) is 55.1 Å². The monoisotopic (exact) mass is 170 g/mol. The summed E-state index contributed by atoms with van der Waals surface area (Å²) < 4.78 is 0. The first-order valence-electron chi connectivity index (χ1n) is 4.04. The summed E-state index contributed by atoms with van der Waals surface area (Å²) in [5.74, 6) is -0.356. The molecular weight excluding hydrogens is 152 g/mol. The van der Waals surface area contributed by atoms with Gasteiger partial charge in [0.1, 0.15) is 0 Å². The van der Waals surface area contributed by atoms with Gasteiger partial charge in [-0.05, 0) is 27.7 Å². The Bertz CT molecular complexity index is 189. The second-order valence-corrected chi connectivity index (χ2v) is 3.88. The third kappa shape index (κ3) is 5.92. The standard InChI is InChI=1S/C9H18N2O/c1-7(8(10)12)5-6-11-9(2,3)4/h5,11H,6H2,1-4H3,(H2,10,12). The molecule has 0 bridgehead atoms. The summed E-state index contributed by atoms with van der Waals surface area (Å²) in [5.41, 5.74) is 5.73. The molecule has 0 rings (SSSR count). The predicted octanol–water partition coefficient (Wildman–Crippen LogP) is 0.806. The minimum Gasteiger partial charge on any atom is -0.366 e. The van der Waals surface area contributed by atoms with Crippen molar-refractivity contribution in [2.24, 2.45) is 5.73 Å². The van der Waals surface area contributed by atoms with Crippen LogP contribution < -0.4 is 11.1 Å². The molecule has 70 valence electrons. The highest BCUT2D eigenvalue weighted by Crippen LogP contribution is 1.98. The van der Waals surface area contributed by atoms with Crippen molar-refractivity contribution in [2.45, 2.75) is 33.2 Å². The minimum atomic E-state index is -0.356. The zero-order valence-electron chi connectivity index (χ0n) is 8.27. The molecule has 0 unspecified atom stereocenters. The van der Waals surface area contributed by atoms with Crippen molar-refractivity contribution < 1.29 is 4.79 Å². The minimum absolute atomic E-state index is 0.0778. The third-order valence-electron chi connectivity index (χ3n) is 1.43. The fraction of sp³-hybridized carbons (Fsp3) is 0.667. The number of hydrogen-bond donors (Lipinski definition) is 2. The van der Waals surface area contributed by atoms with Crippen molar-refractivity contribution >= 4 is 5.91 Å². The summed E-state index contributed by atoms with van der Waals surface area (Å²) >= 11 is 0. The van der Waals surface area contributed by atoms with E-state index in [0.29, 0.717) is 12.1 Å². The van der Waals surface area contributed by atoms with Crippen LogP contribution in [0.3, 0.4) is 0 Å². The van der Waals surface area contributed by atoms with Gasteiger partial charge in [-0.15, -0.1) is 0 Å². The van der Waals surface area contributed by atoms with E-state index in [1.807, 2.05) is 0 Å². The molecule has 3 N–H and O–H groups in total. The summed E-state index contributed by atoms with van der Waals surface area (Å²) in [6, 6.07) is 0. The van der Waals surface area contributed by atoms with Crippen molar-refractivity contribution in [2.75, 3.05) is 6.54 Å². The van der Waals surface area contributed by atoms with Crippen molar-refractivity contribution in [1.82, 2.24) is 5.32 Å². The average Bonchev–Trinajstić information content (AvgIpc) is 1.84. The lowest BCUT2D eigenvalue weighted by molar-refractivity contribution is -0.114. The van der Waals surface area contributed by atoms with E-state index >= 15 is 0 Å². The molecule has 0 radical (unpaired) electrons. The summed E-state index contributed by atoms with van der Waals surface area (Å²) in [6.45, 7) is 8.60. The van der Waals surface area contributed by atoms with Crippen LogP contribution in [0.15, 0.2) is 11.6 Å². The summed E-state index contributed by atoms with van der Waals surface area (Å²) in [5, 5.41) is 3.22. The molecule has 0 aliphatic rings. The maximum absolute atomic E-state index is 10.6. The van der Waals surface area contributed by atoms with Crippen LogP contribution in [0.1, 0.15) is 27.7 Å². The molecule has 0 saturated heterocycles. The molecule has 0 aromatic carbocycles. The van der Waals surface area contributed by atoms with Gasteiger partial charge in [-0.25, -0.2) is 0 Å². The number of primary amides is 1. The number of carbonyl (C=O) groups excluding carboxylic acids is 1. The second kappa shape index (κ2) is 4.26. The third-order valence-corrected chi connectivity index (χ3v) is 1.43. The van der Waals surface area contributed by atoms with Gasteiger partial charge in [0, 0.05) is 17.7 Å². The van der Waals surface area contributed by atoms with Gasteiger partial charge < -0.3 is 11.1 Å².